The minimum atomic E-state index is -0.398. The van der Waals surface area contributed by atoms with Crippen LogP contribution in [-0.4, -0.2) is 31.7 Å². The third kappa shape index (κ3) is 3.41. The Balaban J connectivity index is 2.40. The molecule has 0 amide bonds. The lowest BCUT2D eigenvalue weighted by molar-refractivity contribution is 0.0607. The summed E-state index contributed by atoms with van der Waals surface area (Å²) in [5, 5.41) is 3.74. The van der Waals surface area contributed by atoms with Gasteiger partial charge in [-0.3, -0.25) is 0 Å². The molecule has 2 aromatic rings. The number of nitrogens with zero attached hydrogens (tertiary/aromatic N) is 1. The van der Waals surface area contributed by atoms with Crippen LogP contribution in [0.5, 0.6) is 5.75 Å². The highest BCUT2D eigenvalue weighted by molar-refractivity contribution is 7.17. The van der Waals surface area contributed by atoms with Crippen molar-refractivity contribution in [2.45, 2.75) is 0 Å². The normalized spacial score (nSPS) is 10.0. The maximum absolute atomic E-state index is 11.9. The van der Waals surface area contributed by atoms with E-state index in [-0.39, 0.29) is 0 Å². The number of anilines is 1. The van der Waals surface area contributed by atoms with Crippen molar-refractivity contribution in [2.24, 2.45) is 0 Å². The average Bonchev–Trinajstić information content (AvgIpc) is 2.96. The van der Waals surface area contributed by atoms with Crippen molar-refractivity contribution in [1.29, 1.82) is 0 Å². The molecule has 5 nitrogen and oxygen atoms in total. The molecule has 1 aromatic heterocycles. The number of aromatic nitrogens is 1. The SMILES string of the molecule is C=CCNc1nc(-c2ccc(OC)cc2)c(C(=O)OC)s1. The molecule has 1 N–H and O–H groups in total. The Morgan fingerprint density at radius 2 is 2.10 bits per heavy atom. The number of benzene rings is 1. The van der Waals surface area contributed by atoms with Crippen molar-refractivity contribution in [1.82, 2.24) is 4.98 Å². The van der Waals surface area contributed by atoms with Gasteiger partial charge in [0.1, 0.15) is 10.6 Å². The van der Waals surface area contributed by atoms with Gasteiger partial charge in [0.2, 0.25) is 0 Å². The van der Waals surface area contributed by atoms with Gasteiger partial charge >= 0.3 is 5.97 Å². The van der Waals surface area contributed by atoms with Gasteiger partial charge in [0.15, 0.2) is 5.13 Å². The molecule has 0 saturated heterocycles. The Kier molecular flexibility index (Phi) is 4.94. The van der Waals surface area contributed by atoms with Crippen LogP contribution in [0.4, 0.5) is 5.13 Å². The fourth-order valence-corrected chi connectivity index (χ4v) is 2.64. The van der Waals surface area contributed by atoms with Crippen LogP contribution < -0.4 is 10.1 Å². The fourth-order valence-electron chi connectivity index (χ4n) is 1.73. The fraction of sp³-hybridized carbons (Fsp3) is 0.200. The molecule has 0 aliphatic rings. The first-order valence-electron chi connectivity index (χ1n) is 6.28. The molecule has 0 aliphatic heterocycles. The second kappa shape index (κ2) is 6.90. The molecule has 0 fully saturated rings. The molecule has 1 aromatic carbocycles. The monoisotopic (exact) mass is 304 g/mol. The summed E-state index contributed by atoms with van der Waals surface area (Å²) in [7, 11) is 2.96. The Hall–Kier alpha value is -2.34. The maximum atomic E-state index is 11.9. The van der Waals surface area contributed by atoms with Crippen LogP contribution in [0.1, 0.15) is 9.67 Å². The predicted octanol–water partition coefficient (Wildman–Crippen LogP) is 3.20. The smallest absolute Gasteiger partial charge is 0.350 e. The first-order valence-corrected chi connectivity index (χ1v) is 7.09. The number of nitrogens with one attached hydrogen (secondary N) is 1. The van der Waals surface area contributed by atoms with E-state index in [9.17, 15) is 4.79 Å². The van der Waals surface area contributed by atoms with E-state index in [1.807, 2.05) is 24.3 Å². The average molecular weight is 304 g/mol. The van der Waals surface area contributed by atoms with Gasteiger partial charge in [0.25, 0.3) is 0 Å². The van der Waals surface area contributed by atoms with Gasteiger partial charge in [-0.1, -0.05) is 17.4 Å². The number of hydrogen-bond donors (Lipinski definition) is 1. The lowest BCUT2D eigenvalue weighted by Gasteiger charge is -2.03. The standard InChI is InChI=1S/C15H16N2O3S/c1-4-9-16-15-17-12(13(21-15)14(18)20-3)10-5-7-11(19-2)8-6-10/h4-8H,1,9H2,2-3H3,(H,16,17). The van der Waals surface area contributed by atoms with E-state index in [1.54, 1.807) is 13.2 Å². The number of ether oxygens (including phenoxy) is 2. The molecule has 6 heteroatoms. The minimum absolute atomic E-state index is 0.398. The van der Waals surface area contributed by atoms with Gasteiger partial charge in [0.05, 0.1) is 19.9 Å². The Bertz CT molecular complexity index is 635. The van der Waals surface area contributed by atoms with Crippen molar-refractivity contribution in [3.63, 3.8) is 0 Å². The van der Waals surface area contributed by atoms with E-state index in [0.717, 1.165) is 11.3 Å². The molecule has 21 heavy (non-hydrogen) atoms. The van der Waals surface area contributed by atoms with Crippen LogP contribution in [0.3, 0.4) is 0 Å². The number of hydrogen-bond acceptors (Lipinski definition) is 6. The number of thiazole rings is 1. The third-order valence-corrected chi connectivity index (χ3v) is 3.75. The summed E-state index contributed by atoms with van der Waals surface area (Å²) in [6.45, 7) is 4.22. The number of carbonyl (C=O) groups excluding carboxylic acids is 1. The molecule has 0 saturated carbocycles. The molecular weight excluding hydrogens is 288 g/mol. The molecule has 0 radical (unpaired) electrons. The molecule has 2 rings (SSSR count). The molecule has 110 valence electrons. The van der Waals surface area contributed by atoms with Crippen molar-refractivity contribution >= 4 is 22.4 Å². The molecule has 0 unspecified atom stereocenters. The summed E-state index contributed by atoms with van der Waals surface area (Å²) in [5.74, 6) is 0.351. The second-order valence-electron chi connectivity index (χ2n) is 4.09. The lowest BCUT2D eigenvalue weighted by atomic mass is 10.1. The van der Waals surface area contributed by atoms with Gasteiger partial charge < -0.3 is 14.8 Å². The van der Waals surface area contributed by atoms with E-state index >= 15 is 0 Å². The summed E-state index contributed by atoms with van der Waals surface area (Å²) >= 11 is 1.26. The number of carbonyl (C=O) groups is 1. The highest BCUT2D eigenvalue weighted by Gasteiger charge is 2.20. The van der Waals surface area contributed by atoms with Crippen molar-refractivity contribution in [2.75, 3.05) is 26.1 Å². The topological polar surface area (TPSA) is 60.5 Å². The zero-order chi connectivity index (χ0) is 15.2. The van der Waals surface area contributed by atoms with E-state index in [0.29, 0.717) is 22.2 Å². The van der Waals surface area contributed by atoms with Gasteiger partial charge in [-0.05, 0) is 24.3 Å². The summed E-state index contributed by atoms with van der Waals surface area (Å²) in [5.41, 5.74) is 1.43. The second-order valence-corrected chi connectivity index (χ2v) is 5.09. The van der Waals surface area contributed by atoms with Gasteiger partial charge in [-0.2, -0.15) is 0 Å². The van der Waals surface area contributed by atoms with Crippen molar-refractivity contribution in [3.05, 3.63) is 41.8 Å². The number of methoxy groups -OCH3 is 2. The summed E-state index contributed by atoms with van der Waals surface area (Å²) in [4.78, 5) is 16.8. The molecule has 1 heterocycles. The van der Waals surface area contributed by atoms with Crippen molar-refractivity contribution in [3.8, 4) is 17.0 Å². The highest BCUT2D eigenvalue weighted by Crippen LogP contribution is 2.32. The van der Waals surface area contributed by atoms with E-state index < -0.39 is 5.97 Å². The number of rotatable bonds is 6. The Morgan fingerprint density at radius 3 is 2.67 bits per heavy atom. The van der Waals surface area contributed by atoms with Crippen LogP contribution in [-0.2, 0) is 4.74 Å². The van der Waals surface area contributed by atoms with E-state index in [1.165, 1.54) is 18.4 Å². The Labute approximate surface area is 127 Å². The van der Waals surface area contributed by atoms with Crippen molar-refractivity contribution < 1.29 is 14.3 Å². The van der Waals surface area contributed by atoms with E-state index in [2.05, 4.69) is 16.9 Å². The summed E-state index contributed by atoms with van der Waals surface area (Å²) < 4.78 is 9.95. The van der Waals surface area contributed by atoms with E-state index in [4.69, 9.17) is 9.47 Å². The Morgan fingerprint density at radius 1 is 1.38 bits per heavy atom. The first kappa shape index (κ1) is 15.1. The zero-order valence-electron chi connectivity index (χ0n) is 11.9. The van der Waals surface area contributed by atoms with Crippen LogP contribution in [0.15, 0.2) is 36.9 Å². The third-order valence-electron chi connectivity index (χ3n) is 2.76. The summed E-state index contributed by atoms with van der Waals surface area (Å²) in [6, 6.07) is 7.37. The molecule has 0 bridgehead atoms. The van der Waals surface area contributed by atoms with Crippen LogP contribution in [0, 0.1) is 0 Å². The van der Waals surface area contributed by atoms with Crippen LogP contribution >= 0.6 is 11.3 Å². The largest absolute Gasteiger partial charge is 0.497 e. The molecule has 0 spiro atoms. The van der Waals surface area contributed by atoms with Crippen LogP contribution in [0.2, 0.25) is 0 Å². The van der Waals surface area contributed by atoms with Gasteiger partial charge in [0, 0.05) is 12.1 Å². The first-order chi connectivity index (χ1) is 10.2. The quantitative estimate of drug-likeness (QED) is 0.656. The maximum Gasteiger partial charge on any atom is 0.350 e. The highest BCUT2D eigenvalue weighted by atomic mass is 32.1. The number of esters is 1. The molecule has 0 aliphatic carbocycles. The van der Waals surface area contributed by atoms with Gasteiger partial charge in [-0.25, -0.2) is 9.78 Å². The van der Waals surface area contributed by atoms with Gasteiger partial charge in [-0.15, -0.1) is 6.58 Å². The minimum Gasteiger partial charge on any atom is -0.497 e. The zero-order valence-corrected chi connectivity index (χ0v) is 12.7. The molecule has 0 atom stereocenters. The lowest BCUT2D eigenvalue weighted by Crippen LogP contribution is -2.00. The van der Waals surface area contributed by atoms with Crippen LogP contribution in [0.25, 0.3) is 11.3 Å². The predicted molar refractivity (Wildman–Crippen MR) is 84.1 cm³/mol. The molecular formula is C15H16N2O3S. The summed E-state index contributed by atoms with van der Waals surface area (Å²) in [6.07, 6.45) is 1.73.